The van der Waals surface area contributed by atoms with Crippen molar-refractivity contribution in [2.75, 3.05) is 13.7 Å². The third kappa shape index (κ3) is 2.12. The smallest absolute Gasteiger partial charge is 0.338 e. The number of allylic oxidation sites excluding steroid dienone is 2. The zero-order chi connectivity index (χ0) is 13.3. The number of halogens is 1. The van der Waals surface area contributed by atoms with Crippen molar-refractivity contribution in [2.45, 2.75) is 26.5 Å². The molecule has 0 spiro atoms. The molecule has 4 nitrogen and oxygen atoms in total. The van der Waals surface area contributed by atoms with Gasteiger partial charge in [0, 0.05) is 23.4 Å². The Morgan fingerprint density at radius 2 is 2.33 bits per heavy atom. The third-order valence-corrected chi connectivity index (χ3v) is 3.71. The van der Waals surface area contributed by atoms with Gasteiger partial charge in [0.25, 0.3) is 0 Å². The summed E-state index contributed by atoms with van der Waals surface area (Å²) in [5.41, 5.74) is 3.68. The van der Waals surface area contributed by atoms with Gasteiger partial charge in [-0.05, 0) is 41.8 Å². The van der Waals surface area contributed by atoms with Crippen LogP contribution in [0.4, 0.5) is 0 Å². The normalized spacial score (nSPS) is 22.7. The van der Waals surface area contributed by atoms with E-state index in [1.165, 1.54) is 0 Å². The van der Waals surface area contributed by atoms with Crippen LogP contribution in [0.25, 0.3) is 0 Å². The lowest BCUT2D eigenvalue weighted by Crippen LogP contribution is -2.32. The van der Waals surface area contributed by atoms with Crippen LogP contribution in [0, 0.1) is 0 Å². The summed E-state index contributed by atoms with van der Waals surface area (Å²) >= 11 is 3.48. The number of ether oxygens (including phenoxy) is 2. The van der Waals surface area contributed by atoms with E-state index < -0.39 is 0 Å². The number of esters is 1. The van der Waals surface area contributed by atoms with Crippen molar-refractivity contribution in [3.63, 3.8) is 0 Å². The van der Waals surface area contributed by atoms with Crippen LogP contribution in [-0.4, -0.2) is 25.9 Å². The summed E-state index contributed by atoms with van der Waals surface area (Å²) in [6.45, 7) is 4.15. The highest BCUT2D eigenvalue weighted by Gasteiger charge is 2.35. The average molecular weight is 314 g/mol. The average Bonchev–Trinajstić information content (AvgIpc) is 2.68. The molecule has 1 atom stereocenters. The minimum Gasteiger partial charge on any atom is -0.462 e. The van der Waals surface area contributed by atoms with E-state index >= 15 is 0 Å². The van der Waals surface area contributed by atoms with Gasteiger partial charge in [-0.15, -0.1) is 0 Å². The molecule has 1 heterocycles. The zero-order valence-electron chi connectivity index (χ0n) is 10.7. The second-order valence-corrected chi connectivity index (χ2v) is 5.08. The number of rotatable bonds is 3. The van der Waals surface area contributed by atoms with E-state index in [4.69, 9.17) is 9.47 Å². The van der Waals surface area contributed by atoms with Crippen molar-refractivity contribution in [3.05, 3.63) is 33.0 Å². The Labute approximate surface area is 115 Å². The van der Waals surface area contributed by atoms with Crippen molar-refractivity contribution in [3.8, 4) is 0 Å². The second-order valence-electron chi connectivity index (χ2n) is 4.23. The molecule has 0 aromatic rings. The van der Waals surface area contributed by atoms with Gasteiger partial charge in [-0.3, -0.25) is 0 Å². The van der Waals surface area contributed by atoms with Gasteiger partial charge in [0.2, 0.25) is 0 Å². The van der Waals surface area contributed by atoms with Gasteiger partial charge in [-0.25, -0.2) is 4.79 Å². The summed E-state index contributed by atoms with van der Waals surface area (Å²) < 4.78 is 11.4. The Kier molecular flexibility index (Phi) is 3.92. The number of nitrogens with one attached hydrogen (secondary N) is 1. The van der Waals surface area contributed by atoms with Crippen LogP contribution in [-0.2, 0) is 14.3 Å². The van der Waals surface area contributed by atoms with Gasteiger partial charge < -0.3 is 14.8 Å². The molecule has 1 aliphatic carbocycles. The highest BCUT2D eigenvalue weighted by atomic mass is 79.9. The molecule has 0 bridgehead atoms. The monoisotopic (exact) mass is 313 g/mol. The lowest BCUT2D eigenvalue weighted by Gasteiger charge is -2.24. The Bertz CT molecular complexity index is 477. The zero-order valence-corrected chi connectivity index (χ0v) is 12.3. The van der Waals surface area contributed by atoms with E-state index in [-0.39, 0.29) is 12.2 Å². The fraction of sp³-hybridized carbons (Fsp3) is 0.462. The molecule has 2 rings (SSSR count). The largest absolute Gasteiger partial charge is 0.462 e. The highest BCUT2D eigenvalue weighted by Crippen LogP contribution is 2.42. The Hall–Kier alpha value is -1.07. The van der Waals surface area contributed by atoms with Gasteiger partial charge in [-0.2, -0.15) is 0 Å². The minimum absolute atomic E-state index is 0.178. The number of hydrogen-bond acceptors (Lipinski definition) is 4. The minimum atomic E-state index is -0.262. The van der Waals surface area contributed by atoms with Crippen LogP contribution in [0.3, 0.4) is 0 Å². The summed E-state index contributed by atoms with van der Waals surface area (Å²) in [5, 5.41) is 3.13. The Morgan fingerprint density at radius 3 is 2.94 bits per heavy atom. The molecular weight excluding hydrogens is 298 g/mol. The van der Waals surface area contributed by atoms with Crippen LogP contribution in [0.2, 0.25) is 0 Å². The Morgan fingerprint density at radius 1 is 1.61 bits per heavy atom. The first kappa shape index (κ1) is 13.4. The number of methoxy groups -OCH3 is 1. The maximum atomic E-state index is 12.0. The summed E-state index contributed by atoms with van der Waals surface area (Å²) in [4.78, 5) is 12.0. The molecule has 18 heavy (non-hydrogen) atoms. The van der Waals surface area contributed by atoms with E-state index in [1.54, 1.807) is 7.11 Å². The molecule has 0 radical (unpaired) electrons. The number of carbonyl (C=O) groups is 1. The first-order valence-corrected chi connectivity index (χ1v) is 6.64. The molecule has 2 aliphatic rings. The van der Waals surface area contributed by atoms with Gasteiger partial charge in [0.05, 0.1) is 12.2 Å². The molecule has 1 unspecified atom stereocenters. The predicted octanol–water partition coefficient (Wildman–Crippen LogP) is 2.38. The van der Waals surface area contributed by atoms with E-state index in [2.05, 4.69) is 21.2 Å². The number of hydrogen-bond donors (Lipinski definition) is 1. The van der Waals surface area contributed by atoms with Gasteiger partial charge >= 0.3 is 5.97 Å². The summed E-state index contributed by atoms with van der Waals surface area (Å²) in [7, 11) is 1.65. The fourth-order valence-corrected chi connectivity index (χ4v) is 2.93. The third-order valence-electron chi connectivity index (χ3n) is 3.09. The van der Waals surface area contributed by atoms with Crippen LogP contribution in [0.5, 0.6) is 0 Å². The first-order chi connectivity index (χ1) is 8.60. The van der Waals surface area contributed by atoms with Crippen molar-refractivity contribution in [1.82, 2.24) is 5.32 Å². The summed E-state index contributed by atoms with van der Waals surface area (Å²) in [6.07, 6.45) is 2.37. The van der Waals surface area contributed by atoms with Crippen molar-refractivity contribution in [2.24, 2.45) is 0 Å². The number of dihydropyridines is 1. The predicted molar refractivity (Wildman–Crippen MR) is 71.9 cm³/mol. The molecule has 1 N–H and O–H groups in total. The van der Waals surface area contributed by atoms with E-state index in [0.717, 1.165) is 27.6 Å². The van der Waals surface area contributed by atoms with Crippen molar-refractivity contribution in [1.29, 1.82) is 0 Å². The molecule has 0 saturated carbocycles. The van der Waals surface area contributed by atoms with Crippen molar-refractivity contribution >= 4 is 21.9 Å². The maximum Gasteiger partial charge on any atom is 0.338 e. The molecule has 0 fully saturated rings. The van der Waals surface area contributed by atoms with Crippen LogP contribution in [0.15, 0.2) is 33.0 Å². The molecular formula is C13H16BrNO3. The standard InChI is InChI=1S/C13H16BrNO3/c1-4-18-13(16)10-7(2)5-8-11(10)9(14)6-15-12(8)17-3/h6,12,15H,4-5H2,1-3H3. The van der Waals surface area contributed by atoms with Crippen LogP contribution >= 0.6 is 15.9 Å². The molecule has 98 valence electrons. The van der Waals surface area contributed by atoms with Gasteiger partial charge in [0.15, 0.2) is 0 Å². The van der Waals surface area contributed by atoms with Gasteiger partial charge in [0.1, 0.15) is 6.23 Å². The van der Waals surface area contributed by atoms with Crippen molar-refractivity contribution < 1.29 is 14.3 Å². The van der Waals surface area contributed by atoms with Crippen LogP contribution < -0.4 is 5.32 Å². The van der Waals surface area contributed by atoms with E-state index in [9.17, 15) is 4.79 Å². The molecule has 0 aromatic heterocycles. The fourth-order valence-electron chi connectivity index (χ4n) is 2.34. The topological polar surface area (TPSA) is 47.6 Å². The second kappa shape index (κ2) is 5.28. The highest BCUT2D eigenvalue weighted by molar-refractivity contribution is 9.12. The summed E-state index contributed by atoms with van der Waals surface area (Å²) in [6, 6.07) is 0. The molecule has 1 aliphatic heterocycles. The lowest BCUT2D eigenvalue weighted by atomic mass is 10.0. The lowest BCUT2D eigenvalue weighted by molar-refractivity contribution is -0.138. The SMILES string of the molecule is CCOC(=O)C1=C(C)CC2=C1C(Br)=CNC2OC. The first-order valence-electron chi connectivity index (χ1n) is 5.85. The van der Waals surface area contributed by atoms with E-state index in [0.29, 0.717) is 12.2 Å². The Balaban J connectivity index is 2.41. The molecule has 0 amide bonds. The number of carbonyl (C=O) groups excluding carboxylic acids is 1. The molecule has 0 saturated heterocycles. The molecule has 5 heteroatoms. The summed E-state index contributed by atoms with van der Waals surface area (Å²) in [5.74, 6) is -0.262. The quantitative estimate of drug-likeness (QED) is 0.813. The van der Waals surface area contributed by atoms with Gasteiger partial charge in [-0.1, -0.05) is 5.57 Å². The maximum absolute atomic E-state index is 12.0. The van der Waals surface area contributed by atoms with E-state index in [1.807, 2.05) is 20.0 Å². The van der Waals surface area contributed by atoms with Crippen LogP contribution in [0.1, 0.15) is 20.3 Å². The molecule has 0 aromatic carbocycles.